The van der Waals surface area contributed by atoms with E-state index in [9.17, 15) is 14.4 Å². The van der Waals surface area contributed by atoms with E-state index in [1.54, 1.807) is 24.3 Å². The van der Waals surface area contributed by atoms with E-state index >= 15 is 0 Å². The van der Waals surface area contributed by atoms with E-state index in [1.807, 2.05) is 18.4 Å². The summed E-state index contributed by atoms with van der Waals surface area (Å²) in [5.41, 5.74) is 0.675. The summed E-state index contributed by atoms with van der Waals surface area (Å²) in [7, 11) is 2.89. The summed E-state index contributed by atoms with van der Waals surface area (Å²) in [6.45, 7) is 5.23. The van der Waals surface area contributed by atoms with Crippen molar-refractivity contribution in [2.24, 2.45) is 0 Å². The topological polar surface area (TPSA) is 129 Å². The number of hydrogen-bond acceptors (Lipinski definition) is 8. The third-order valence-electron chi connectivity index (χ3n) is 7.40. The third kappa shape index (κ3) is 3.73. The SMILES string of the molecule is COc1ncc(-c2nc3c(n2C(C)C)C2(C(=O)Nc4cc(Cl)ccc42)N(c2ccc(C(C)=O)c(Cl)c2)C3=O)c(OC)n1. The van der Waals surface area contributed by atoms with E-state index in [0.29, 0.717) is 44.6 Å². The van der Waals surface area contributed by atoms with Gasteiger partial charge in [0.15, 0.2) is 17.0 Å². The van der Waals surface area contributed by atoms with Crippen LogP contribution < -0.4 is 19.7 Å². The Hall–Kier alpha value is -4.48. The smallest absolute Gasteiger partial charge is 0.319 e. The van der Waals surface area contributed by atoms with Gasteiger partial charge in [-0.25, -0.2) is 9.97 Å². The van der Waals surface area contributed by atoms with Gasteiger partial charge in [0.2, 0.25) is 5.88 Å². The molecule has 2 aromatic heterocycles. The van der Waals surface area contributed by atoms with Crippen molar-refractivity contribution in [3.05, 3.63) is 75.2 Å². The highest BCUT2D eigenvalue weighted by atomic mass is 35.5. The van der Waals surface area contributed by atoms with Crippen LogP contribution in [0.4, 0.5) is 11.4 Å². The number of aromatic nitrogens is 4. The Kier molecular flexibility index (Phi) is 6.47. The summed E-state index contributed by atoms with van der Waals surface area (Å²) in [6, 6.07) is 9.44. The molecular weight excluding hydrogens is 583 g/mol. The summed E-state index contributed by atoms with van der Waals surface area (Å²) in [4.78, 5) is 55.5. The zero-order chi connectivity index (χ0) is 30.1. The second-order valence-electron chi connectivity index (χ2n) is 10.1. The molecule has 6 rings (SSSR count). The number of imidazole rings is 1. The molecule has 2 amide bonds. The summed E-state index contributed by atoms with van der Waals surface area (Å²) in [5, 5.41) is 3.48. The van der Waals surface area contributed by atoms with Crippen molar-refractivity contribution < 1.29 is 23.9 Å². The van der Waals surface area contributed by atoms with Crippen LogP contribution in [0, 0.1) is 0 Å². The van der Waals surface area contributed by atoms with E-state index in [1.165, 1.54) is 44.4 Å². The quantitative estimate of drug-likeness (QED) is 0.293. The third-order valence-corrected chi connectivity index (χ3v) is 7.95. The number of benzene rings is 2. The van der Waals surface area contributed by atoms with Crippen LogP contribution in [0.5, 0.6) is 11.9 Å². The number of amides is 2. The number of methoxy groups -OCH3 is 2. The minimum Gasteiger partial charge on any atom is -0.480 e. The molecule has 4 heterocycles. The molecule has 2 aliphatic rings. The van der Waals surface area contributed by atoms with Gasteiger partial charge in [0.1, 0.15) is 5.82 Å². The van der Waals surface area contributed by atoms with Crippen LogP contribution in [0.3, 0.4) is 0 Å². The number of nitrogens with one attached hydrogen (secondary N) is 1. The maximum absolute atomic E-state index is 14.4. The Morgan fingerprint density at radius 3 is 2.45 bits per heavy atom. The number of ketones is 1. The van der Waals surface area contributed by atoms with Crippen molar-refractivity contribution >= 4 is 52.2 Å². The Balaban J connectivity index is 1.69. The molecule has 0 radical (unpaired) electrons. The lowest BCUT2D eigenvalue weighted by atomic mass is 9.87. The van der Waals surface area contributed by atoms with Crippen LogP contribution in [-0.4, -0.2) is 51.3 Å². The second-order valence-corrected chi connectivity index (χ2v) is 10.9. The van der Waals surface area contributed by atoms with Crippen LogP contribution in [0.1, 0.15) is 58.9 Å². The number of hydrogen-bond donors (Lipinski definition) is 1. The first-order valence-corrected chi connectivity index (χ1v) is 13.6. The van der Waals surface area contributed by atoms with E-state index < -0.39 is 17.4 Å². The highest BCUT2D eigenvalue weighted by Crippen LogP contribution is 2.54. The van der Waals surface area contributed by atoms with Crippen LogP contribution in [-0.2, 0) is 10.3 Å². The van der Waals surface area contributed by atoms with Crippen LogP contribution in [0.25, 0.3) is 11.4 Å². The molecule has 0 saturated carbocycles. The second kappa shape index (κ2) is 9.81. The molecule has 0 fully saturated rings. The van der Waals surface area contributed by atoms with E-state index in [2.05, 4.69) is 15.3 Å². The Morgan fingerprint density at radius 2 is 1.81 bits per heavy atom. The average Bonchev–Trinajstić information content (AvgIpc) is 3.56. The first-order valence-electron chi connectivity index (χ1n) is 12.9. The molecule has 1 N–H and O–H groups in total. The summed E-state index contributed by atoms with van der Waals surface area (Å²) in [5.74, 6) is -0.736. The fraction of sp³-hybridized carbons (Fsp3) is 0.241. The molecule has 0 aliphatic carbocycles. The molecule has 1 atom stereocenters. The molecule has 13 heteroatoms. The summed E-state index contributed by atoms with van der Waals surface area (Å²) < 4.78 is 12.5. The first-order chi connectivity index (χ1) is 20.0. The van der Waals surface area contributed by atoms with Gasteiger partial charge in [-0.15, -0.1) is 0 Å². The largest absolute Gasteiger partial charge is 0.480 e. The van der Waals surface area contributed by atoms with Gasteiger partial charge in [-0.2, -0.15) is 4.98 Å². The molecule has 0 saturated heterocycles. The van der Waals surface area contributed by atoms with Crippen molar-refractivity contribution in [1.29, 1.82) is 0 Å². The fourth-order valence-corrected chi connectivity index (χ4v) is 6.19. The number of carbonyl (C=O) groups excluding carboxylic acids is 3. The minimum atomic E-state index is -1.69. The predicted octanol–water partition coefficient (Wildman–Crippen LogP) is 5.30. The molecule has 2 aliphatic heterocycles. The number of Topliss-reactive ketones (excluding diaryl/α,β-unsaturated/α-hetero) is 1. The van der Waals surface area contributed by atoms with Crippen LogP contribution in [0.15, 0.2) is 42.6 Å². The van der Waals surface area contributed by atoms with Gasteiger partial charge < -0.3 is 19.4 Å². The molecule has 1 spiro atoms. The number of rotatable bonds is 6. The maximum Gasteiger partial charge on any atom is 0.319 e. The molecule has 214 valence electrons. The lowest BCUT2D eigenvalue weighted by Gasteiger charge is -2.36. The molecule has 0 bridgehead atoms. The van der Waals surface area contributed by atoms with E-state index in [-0.39, 0.29) is 34.4 Å². The zero-order valence-electron chi connectivity index (χ0n) is 23.2. The predicted molar refractivity (Wildman–Crippen MR) is 156 cm³/mol. The number of ether oxygens (including phenoxy) is 2. The van der Waals surface area contributed by atoms with Crippen molar-refractivity contribution in [3.8, 4) is 23.3 Å². The molecular formula is C29H24Cl2N6O5. The van der Waals surface area contributed by atoms with Gasteiger partial charge in [0.25, 0.3) is 11.8 Å². The average molecular weight is 607 g/mol. The lowest BCUT2D eigenvalue weighted by Crippen LogP contribution is -2.51. The lowest BCUT2D eigenvalue weighted by molar-refractivity contribution is -0.119. The zero-order valence-corrected chi connectivity index (χ0v) is 24.7. The Morgan fingerprint density at radius 1 is 1.05 bits per heavy atom. The fourth-order valence-electron chi connectivity index (χ4n) is 5.71. The number of fused-ring (bicyclic) bond motifs is 4. The van der Waals surface area contributed by atoms with Crippen molar-refractivity contribution in [1.82, 2.24) is 19.5 Å². The van der Waals surface area contributed by atoms with Crippen molar-refractivity contribution in [2.45, 2.75) is 32.4 Å². The summed E-state index contributed by atoms with van der Waals surface area (Å²) in [6.07, 6.45) is 1.50. The van der Waals surface area contributed by atoms with Crippen molar-refractivity contribution in [3.63, 3.8) is 0 Å². The monoisotopic (exact) mass is 606 g/mol. The number of anilines is 2. The molecule has 1 unspecified atom stereocenters. The highest BCUT2D eigenvalue weighted by molar-refractivity contribution is 6.34. The molecule has 11 nitrogen and oxygen atoms in total. The van der Waals surface area contributed by atoms with Gasteiger partial charge in [-0.05, 0) is 51.1 Å². The van der Waals surface area contributed by atoms with Gasteiger partial charge in [0.05, 0.1) is 30.5 Å². The van der Waals surface area contributed by atoms with Crippen molar-refractivity contribution in [2.75, 3.05) is 24.4 Å². The van der Waals surface area contributed by atoms with E-state index in [0.717, 1.165) is 0 Å². The molecule has 42 heavy (non-hydrogen) atoms. The van der Waals surface area contributed by atoms with Gasteiger partial charge in [-0.1, -0.05) is 29.3 Å². The Bertz CT molecular complexity index is 1840. The van der Waals surface area contributed by atoms with Crippen LogP contribution >= 0.6 is 23.2 Å². The van der Waals surface area contributed by atoms with Gasteiger partial charge in [0, 0.05) is 39.8 Å². The number of carbonyl (C=O) groups is 3. The maximum atomic E-state index is 14.4. The molecule has 4 aromatic rings. The summed E-state index contributed by atoms with van der Waals surface area (Å²) >= 11 is 12.8. The normalized spacial score (nSPS) is 17.1. The standard InChI is InChI=1S/C29H24Cl2N6O5/c1-13(2)36-23-22(34-24(36)18-12-32-28(42-5)35-25(18)41-4)26(39)37(16-7-8-17(14(3)38)20(31)11-16)29(23)19-9-6-15(30)10-21(19)33-27(29)40/h6-13H,1-5H3,(H,33,40). The van der Waals surface area contributed by atoms with Gasteiger partial charge >= 0.3 is 6.01 Å². The minimum absolute atomic E-state index is 0.0567. The highest BCUT2D eigenvalue weighted by Gasteiger charge is 2.64. The van der Waals surface area contributed by atoms with Crippen LogP contribution in [0.2, 0.25) is 10.0 Å². The number of halogens is 2. The molecule has 2 aromatic carbocycles. The first kappa shape index (κ1) is 27.7. The number of nitrogens with zero attached hydrogens (tertiary/aromatic N) is 5. The van der Waals surface area contributed by atoms with E-state index in [4.69, 9.17) is 37.7 Å². The van der Waals surface area contributed by atoms with Gasteiger partial charge in [-0.3, -0.25) is 19.3 Å². The Labute approximate surface area is 250 Å².